The first-order chi connectivity index (χ1) is 15.5. The third kappa shape index (κ3) is 5.29. The van der Waals surface area contributed by atoms with Crippen LogP contribution in [0.4, 0.5) is 5.82 Å². The summed E-state index contributed by atoms with van der Waals surface area (Å²) in [7, 11) is 1.63. The summed E-state index contributed by atoms with van der Waals surface area (Å²) >= 11 is 6.03. The highest BCUT2D eigenvalue weighted by Crippen LogP contribution is 2.26. The molecule has 1 fully saturated rings. The van der Waals surface area contributed by atoms with Gasteiger partial charge < -0.3 is 19.3 Å². The Bertz CT molecular complexity index is 1080. The van der Waals surface area contributed by atoms with E-state index in [1.54, 1.807) is 19.2 Å². The first-order valence-corrected chi connectivity index (χ1v) is 10.8. The molecule has 1 aromatic heterocycles. The van der Waals surface area contributed by atoms with Crippen LogP contribution in [0.5, 0.6) is 17.4 Å². The van der Waals surface area contributed by atoms with Gasteiger partial charge in [-0.15, -0.1) is 0 Å². The van der Waals surface area contributed by atoms with Gasteiger partial charge in [0.25, 0.3) is 0 Å². The quantitative estimate of drug-likeness (QED) is 0.558. The molecule has 1 saturated heterocycles. The first kappa shape index (κ1) is 21.9. The Morgan fingerprint density at radius 2 is 1.91 bits per heavy atom. The molecule has 0 bridgehead atoms. The van der Waals surface area contributed by atoms with Gasteiger partial charge in [0.05, 0.1) is 13.5 Å². The predicted octanol–water partition coefficient (Wildman–Crippen LogP) is 4.21. The molecule has 1 aliphatic heterocycles. The number of methoxy groups -OCH3 is 1. The van der Waals surface area contributed by atoms with E-state index >= 15 is 0 Å². The maximum Gasteiger partial charge on any atom is 0.227 e. The van der Waals surface area contributed by atoms with Crippen molar-refractivity contribution in [1.82, 2.24) is 14.9 Å². The predicted molar refractivity (Wildman–Crippen MR) is 124 cm³/mol. The topological polar surface area (TPSA) is 67.8 Å². The van der Waals surface area contributed by atoms with Crippen LogP contribution in [0.2, 0.25) is 5.02 Å². The zero-order valence-electron chi connectivity index (χ0n) is 18.1. The average molecular weight is 453 g/mol. The Hall–Kier alpha value is -3.32. The van der Waals surface area contributed by atoms with Crippen molar-refractivity contribution in [3.8, 4) is 17.4 Å². The van der Waals surface area contributed by atoms with Gasteiger partial charge in [-0.05, 0) is 42.8 Å². The molecule has 0 spiro atoms. The molecule has 166 valence electrons. The van der Waals surface area contributed by atoms with E-state index in [0.29, 0.717) is 42.7 Å². The van der Waals surface area contributed by atoms with Crippen molar-refractivity contribution in [1.29, 1.82) is 0 Å². The zero-order valence-corrected chi connectivity index (χ0v) is 18.8. The highest BCUT2D eigenvalue weighted by molar-refractivity contribution is 6.30. The van der Waals surface area contributed by atoms with Gasteiger partial charge in [0, 0.05) is 36.8 Å². The van der Waals surface area contributed by atoms with E-state index < -0.39 is 0 Å². The average Bonchev–Trinajstić information content (AvgIpc) is 2.79. The van der Waals surface area contributed by atoms with Gasteiger partial charge in [-0.3, -0.25) is 4.79 Å². The number of halogens is 1. The van der Waals surface area contributed by atoms with Gasteiger partial charge in [-0.1, -0.05) is 29.8 Å². The minimum absolute atomic E-state index is 0.0572. The molecular formula is C24H25ClN4O3. The fourth-order valence-electron chi connectivity index (χ4n) is 3.77. The van der Waals surface area contributed by atoms with Crippen molar-refractivity contribution in [3.05, 3.63) is 71.5 Å². The normalized spacial score (nSPS) is 16.0. The molecule has 0 N–H and O–H groups in total. The number of rotatable bonds is 6. The number of aromatic nitrogens is 2. The van der Waals surface area contributed by atoms with Crippen molar-refractivity contribution < 1.29 is 14.3 Å². The molecule has 1 unspecified atom stereocenters. The Balaban J connectivity index is 1.38. The van der Waals surface area contributed by atoms with Crippen LogP contribution in [-0.4, -0.2) is 53.6 Å². The van der Waals surface area contributed by atoms with E-state index in [2.05, 4.69) is 21.8 Å². The smallest absolute Gasteiger partial charge is 0.227 e. The van der Waals surface area contributed by atoms with Crippen molar-refractivity contribution in [3.63, 3.8) is 0 Å². The van der Waals surface area contributed by atoms with Crippen LogP contribution >= 0.6 is 11.6 Å². The highest BCUT2D eigenvalue weighted by atomic mass is 35.5. The van der Waals surface area contributed by atoms with Gasteiger partial charge >= 0.3 is 0 Å². The first-order valence-electron chi connectivity index (χ1n) is 10.4. The molecule has 8 heteroatoms. The van der Waals surface area contributed by atoms with E-state index in [9.17, 15) is 4.79 Å². The number of hydrogen-bond acceptors (Lipinski definition) is 6. The number of piperazine rings is 1. The lowest BCUT2D eigenvalue weighted by atomic mass is 10.1. The van der Waals surface area contributed by atoms with Crippen molar-refractivity contribution in [2.45, 2.75) is 19.4 Å². The van der Waals surface area contributed by atoms with Crippen molar-refractivity contribution in [2.75, 3.05) is 31.6 Å². The third-order valence-corrected chi connectivity index (χ3v) is 5.67. The number of amides is 1. The summed E-state index contributed by atoms with van der Waals surface area (Å²) in [5.74, 6) is 2.74. The number of carbonyl (C=O) groups excluding carboxylic acids is 1. The lowest BCUT2D eigenvalue weighted by Gasteiger charge is -2.40. The van der Waals surface area contributed by atoms with E-state index in [1.165, 1.54) is 6.33 Å². The number of nitrogens with zero attached hydrogens (tertiary/aromatic N) is 4. The maximum absolute atomic E-state index is 12.9. The summed E-state index contributed by atoms with van der Waals surface area (Å²) in [4.78, 5) is 25.6. The van der Waals surface area contributed by atoms with Crippen molar-refractivity contribution in [2.24, 2.45) is 0 Å². The van der Waals surface area contributed by atoms with Crippen LogP contribution in [0, 0.1) is 0 Å². The van der Waals surface area contributed by atoms with Gasteiger partial charge in [-0.2, -0.15) is 0 Å². The number of anilines is 1. The minimum atomic E-state index is 0.0572. The standard InChI is InChI=1S/C24H25ClN4O3/c1-17-15-28(10-11-29(17)24(30)12-18-6-8-20(31-2)9-7-18)22-14-23(27-16-26-22)32-21-5-3-4-19(25)13-21/h3-9,13-14,16-17H,10-12,15H2,1-2H3. The molecule has 0 radical (unpaired) electrons. The number of carbonyl (C=O) groups is 1. The molecule has 2 heterocycles. The minimum Gasteiger partial charge on any atom is -0.497 e. The Morgan fingerprint density at radius 1 is 1.09 bits per heavy atom. The number of benzene rings is 2. The van der Waals surface area contributed by atoms with Crippen LogP contribution in [0.25, 0.3) is 0 Å². The van der Waals surface area contributed by atoms with Gasteiger partial charge in [0.2, 0.25) is 11.8 Å². The summed E-state index contributed by atoms with van der Waals surface area (Å²) < 4.78 is 11.0. The monoisotopic (exact) mass is 452 g/mol. The van der Waals surface area contributed by atoms with Crippen LogP contribution in [0.15, 0.2) is 60.9 Å². The van der Waals surface area contributed by atoms with Gasteiger partial charge in [-0.25, -0.2) is 9.97 Å². The molecule has 1 amide bonds. The molecule has 1 aliphatic rings. The number of ether oxygens (including phenoxy) is 2. The maximum atomic E-state index is 12.9. The van der Waals surface area contributed by atoms with E-state index in [0.717, 1.165) is 17.1 Å². The van der Waals surface area contributed by atoms with E-state index in [-0.39, 0.29) is 11.9 Å². The summed E-state index contributed by atoms with van der Waals surface area (Å²) in [6.07, 6.45) is 1.86. The fourth-order valence-corrected chi connectivity index (χ4v) is 3.95. The second-order valence-electron chi connectivity index (χ2n) is 7.68. The third-order valence-electron chi connectivity index (χ3n) is 5.43. The summed E-state index contributed by atoms with van der Waals surface area (Å²) in [5, 5.41) is 0.598. The summed E-state index contributed by atoms with van der Waals surface area (Å²) in [6, 6.07) is 16.6. The largest absolute Gasteiger partial charge is 0.497 e. The second-order valence-corrected chi connectivity index (χ2v) is 8.12. The van der Waals surface area contributed by atoms with Crippen LogP contribution < -0.4 is 14.4 Å². The lowest BCUT2D eigenvalue weighted by molar-refractivity contribution is -0.132. The Morgan fingerprint density at radius 3 is 2.62 bits per heavy atom. The molecule has 32 heavy (non-hydrogen) atoms. The molecule has 7 nitrogen and oxygen atoms in total. The molecular weight excluding hydrogens is 428 g/mol. The van der Waals surface area contributed by atoms with E-state index in [4.69, 9.17) is 21.1 Å². The molecule has 0 aliphatic carbocycles. The van der Waals surface area contributed by atoms with E-state index in [1.807, 2.05) is 47.4 Å². The highest BCUT2D eigenvalue weighted by Gasteiger charge is 2.28. The SMILES string of the molecule is COc1ccc(CC(=O)N2CCN(c3cc(Oc4cccc(Cl)c4)ncn3)CC2C)cc1. The van der Waals surface area contributed by atoms with Crippen LogP contribution in [0.3, 0.4) is 0 Å². The Labute approximate surface area is 192 Å². The zero-order chi connectivity index (χ0) is 22.5. The molecule has 3 aromatic rings. The van der Waals surface area contributed by atoms with Crippen LogP contribution in [0.1, 0.15) is 12.5 Å². The van der Waals surface area contributed by atoms with Gasteiger partial charge in [0.1, 0.15) is 23.6 Å². The molecule has 4 rings (SSSR count). The summed E-state index contributed by atoms with van der Waals surface area (Å²) in [6.45, 7) is 4.06. The lowest BCUT2D eigenvalue weighted by Crippen LogP contribution is -2.54. The molecule has 1 atom stereocenters. The summed E-state index contributed by atoms with van der Waals surface area (Å²) in [5.41, 5.74) is 0.976. The number of hydrogen-bond donors (Lipinski definition) is 0. The second kappa shape index (κ2) is 9.87. The Kier molecular flexibility index (Phi) is 6.75. The molecule has 2 aromatic carbocycles. The molecule has 0 saturated carbocycles. The van der Waals surface area contributed by atoms with Crippen molar-refractivity contribution >= 4 is 23.3 Å². The fraction of sp³-hybridized carbons (Fsp3) is 0.292. The van der Waals surface area contributed by atoms with Gasteiger partial charge in [0.15, 0.2) is 0 Å². The van der Waals surface area contributed by atoms with Crippen LogP contribution in [-0.2, 0) is 11.2 Å².